The van der Waals surface area contributed by atoms with Crippen LogP contribution in [-0.2, 0) is 11.3 Å². The molecule has 1 atom stereocenters. The van der Waals surface area contributed by atoms with Crippen LogP contribution in [0.2, 0.25) is 0 Å². The third-order valence-corrected chi connectivity index (χ3v) is 4.93. The van der Waals surface area contributed by atoms with E-state index >= 15 is 0 Å². The molecule has 3 nitrogen and oxygen atoms in total. The van der Waals surface area contributed by atoms with Crippen LogP contribution in [0.1, 0.15) is 82.8 Å². The number of hydrogen-bond acceptors (Lipinski definition) is 2. The largest absolute Gasteiger partial charge is 0.374 e. The highest BCUT2D eigenvalue weighted by Crippen LogP contribution is 2.24. The van der Waals surface area contributed by atoms with Gasteiger partial charge in [0.1, 0.15) is 0 Å². The van der Waals surface area contributed by atoms with E-state index in [4.69, 9.17) is 4.74 Å². The molecule has 0 radical (unpaired) electrons. The van der Waals surface area contributed by atoms with Crippen LogP contribution in [-0.4, -0.2) is 16.2 Å². The third-order valence-electron chi connectivity index (χ3n) is 4.93. The van der Waals surface area contributed by atoms with Gasteiger partial charge in [-0.3, -0.25) is 0 Å². The molecule has 0 bridgehead atoms. The zero-order chi connectivity index (χ0) is 18.3. The topological polar surface area (TPSA) is 27.1 Å². The average Bonchev–Trinajstić information content (AvgIpc) is 3.19. The molecule has 0 aliphatic heterocycles. The summed E-state index contributed by atoms with van der Waals surface area (Å²) in [7, 11) is 0. The summed E-state index contributed by atoms with van der Waals surface area (Å²) in [5, 5.41) is 0. The third kappa shape index (κ3) is 8.66. The predicted octanol–water partition coefficient (Wildman–Crippen LogP) is 6.56. The normalized spacial score (nSPS) is 12.3. The van der Waals surface area contributed by atoms with Crippen LogP contribution in [0.4, 0.5) is 0 Å². The van der Waals surface area contributed by atoms with E-state index in [-0.39, 0.29) is 6.10 Å². The van der Waals surface area contributed by atoms with Gasteiger partial charge in [-0.15, -0.1) is 0 Å². The summed E-state index contributed by atoms with van der Waals surface area (Å²) in [5.41, 5.74) is 1.33. The fraction of sp³-hybridized carbons (Fsp3) is 0.609. The van der Waals surface area contributed by atoms with E-state index < -0.39 is 0 Å². The molecule has 0 amide bonds. The second kappa shape index (κ2) is 13.6. The van der Waals surface area contributed by atoms with Gasteiger partial charge in [-0.25, -0.2) is 4.98 Å². The van der Waals surface area contributed by atoms with Crippen molar-refractivity contribution in [3.63, 3.8) is 0 Å². The minimum absolute atomic E-state index is 0.250. The molecule has 2 rings (SSSR count). The highest BCUT2D eigenvalue weighted by atomic mass is 16.5. The SMILES string of the molecule is CCCCCCCCOC(CCCCCn1ccnc1)c1ccccc1. The number of imidazole rings is 1. The zero-order valence-corrected chi connectivity index (χ0v) is 16.5. The lowest BCUT2D eigenvalue weighted by molar-refractivity contribution is 0.0421. The maximum Gasteiger partial charge on any atom is 0.0945 e. The lowest BCUT2D eigenvalue weighted by Gasteiger charge is -2.18. The van der Waals surface area contributed by atoms with Crippen LogP contribution in [0, 0.1) is 0 Å². The molecule has 0 spiro atoms. The first-order valence-corrected chi connectivity index (χ1v) is 10.5. The van der Waals surface area contributed by atoms with E-state index in [1.54, 1.807) is 0 Å². The van der Waals surface area contributed by atoms with Gasteiger partial charge in [0, 0.05) is 25.5 Å². The number of aryl methyl sites for hydroxylation is 1. The lowest BCUT2D eigenvalue weighted by atomic mass is 10.0. The van der Waals surface area contributed by atoms with Gasteiger partial charge >= 0.3 is 0 Å². The van der Waals surface area contributed by atoms with E-state index in [0.29, 0.717) is 0 Å². The van der Waals surface area contributed by atoms with Gasteiger partial charge in [-0.1, -0.05) is 82.2 Å². The first-order valence-electron chi connectivity index (χ1n) is 10.5. The number of rotatable bonds is 15. The Balaban J connectivity index is 1.65. The number of aromatic nitrogens is 2. The van der Waals surface area contributed by atoms with Crippen LogP contribution in [0.25, 0.3) is 0 Å². The van der Waals surface area contributed by atoms with Gasteiger partial charge in [-0.05, 0) is 24.8 Å². The minimum atomic E-state index is 0.250. The molecular formula is C23H36N2O. The number of hydrogen-bond donors (Lipinski definition) is 0. The van der Waals surface area contributed by atoms with Crippen LogP contribution in [0.15, 0.2) is 49.1 Å². The Morgan fingerprint density at radius 2 is 1.69 bits per heavy atom. The van der Waals surface area contributed by atoms with E-state index in [1.807, 2.05) is 18.7 Å². The van der Waals surface area contributed by atoms with Gasteiger partial charge in [0.05, 0.1) is 12.4 Å². The summed E-state index contributed by atoms with van der Waals surface area (Å²) < 4.78 is 8.43. The van der Waals surface area contributed by atoms with Gasteiger partial charge in [0.25, 0.3) is 0 Å². The zero-order valence-electron chi connectivity index (χ0n) is 16.5. The van der Waals surface area contributed by atoms with Gasteiger partial charge in [0.2, 0.25) is 0 Å². The van der Waals surface area contributed by atoms with E-state index in [0.717, 1.165) is 19.6 Å². The van der Waals surface area contributed by atoms with Crippen molar-refractivity contribution in [2.24, 2.45) is 0 Å². The Kier molecular flexibility index (Phi) is 10.8. The van der Waals surface area contributed by atoms with Crippen molar-refractivity contribution >= 4 is 0 Å². The molecule has 1 aromatic heterocycles. The molecule has 1 heterocycles. The van der Waals surface area contributed by atoms with Crippen molar-refractivity contribution in [2.45, 2.75) is 83.8 Å². The highest BCUT2D eigenvalue weighted by Gasteiger charge is 2.11. The second-order valence-corrected chi connectivity index (χ2v) is 7.19. The van der Waals surface area contributed by atoms with Crippen LogP contribution in [0.3, 0.4) is 0 Å². The van der Waals surface area contributed by atoms with E-state index in [2.05, 4.69) is 46.8 Å². The first-order chi connectivity index (χ1) is 12.9. The quantitative estimate of drug-likeness (QED) is 0.338. The predicted molar refractivity (Wildman–Crippen MR) is 109 cm³/mol. The molecule has 0 saturated carbocycles. The van der Waals surface area contributed by atoms with E-state index in [9.17, 15) is 0 Å². The number of nitrogens with zero attached hydrogens (tertiary/aromatic N) is 2. The molecule has 1 unspecified atom stereocenters. The Hall–Kier alpha value is -1.61. The highest BCUT2D eigenvalue weighted by molar-refractivity contribution is 5.17. The van der Waals surface area contributed by atoms with Crippen molar-refractivity contribution in [1.82, 2.24) is 9.55 Å². The minimum Gasteiger partial charge on any atom is -0.374 e. The molecule has 26 heavy (non-hydrogen) atoms. The van der Waals surface area contributed by atoms with Crippen molar-refractivity contribution in [1.29, 1.82) is 0 Å². The summed E-state index contributed by atoms with van der Waals surface area (Å²) >= 11 is 0. The van der Waals surface area contributed by atoms with Gasteiger partial charge in [-0.2, -0.15) is 0 Å². The number of unbranched alkanes of at least 4 members (excludes halogenated alkanes) is 7. The summed E-state index contributed by atoms with van der Waals surface area (Å²) in [6.07, 6.45) is 18.7. The van der Waals surface area contributed by atoms with Crippen molar-refractivity contribution in [3.8, 4) is 0 Å². The van der Waals surface area contributed by atoms with Gasteiger partial charge < -0.3 is 9.30 Å². The number of ether oxygens (including phenoxy) is 1. The molecule has 144 valence electrons. The maximum atomic E-state index is 6.27. The fourth-order valence-electron chi connectivity index (χ4n) is 3.34. The first kappa shape index (κ1) is 20.7. The molecule has 3 heteroatoms. The molecule has 0 fully saturated rings. The summed E-state index contributed by atoms with van der Waals surface area (Å²) in [4.78, 5) is 4.10. The van der Waals surface area contributed by atoms with Crippen molar-refractivity contribution in [3.05, 3.63) is 54.6 Å². The Bertz CT molecular complexity index is 539. The summed E-state index contributed by atoms with van der Waals surface area (Å²) in [5.74, 6) is 0. The molecule has 0 aliphatic rings. The monoisotopic (exact) mass is 356 g/mol. The van der Waals surface area contributed by atoms with E-state index in [1.165, 1.54) is 63.4 Å². The molecular weight excluding hydrogens is 320 g/mol. The smallest absolute Gasteiger partial charge is 0.0945 e. The Labute approximate surface area is 159 Å². The Morgan fingerprint density at radius 3 is 2.46 bits per heavy atom. The molecule has 0 N–H and O–H groups in total. The van der Waals surface area contributed by atoms with Gasteiger partial charge in [0.15, 0.2) is 0 Å². The maximum absolute atomic E-state index is 6.27. The van der Waals surface area contributed by atoms with Crippen LogP contribution >= 0.6 is 0 Å². The average molecular weight is 357 g/mol. The van der Waals surface area contributed by atoms with Crippen molar-refractivity contribution < 1.29 is 4.74 Å². The molecule has 0 saturated heterocycles. The fourth-order valence-corrected chi connectivity index (χ4v) is 3.34. The molecule has 2 aromatic rings. The molecule has 0 aliphatic carbocycles. The standard InChI is InChI=1S/C23H36N2O/c1-2-3-4-5-6-13-20-26-23(22-14-9-7-10-15-22)16-11-8-12-18-25-19-17-24-21-25/h7,9-10,14-15,17,19,21,23H,2-6,8,11-13,16,18,20H2,1H3. The lowest BCUT2D eigenvalue weighted by Crippen LogP contribution is -2.06. The Morgan fingerprint density at radius 1 is 0.923 bits per heavy atom. The second-order valence-electron chi connectivity index (χ2n) is 7.19. The number of benzene rings is 1. The van der Waals surface area contributed by atoms with Crippen LogP contribution < -0.4 is 0 Å². The summed E-state index contributed by atoms with van der Waals surface area (Å²) in [6.45, 7) is 4.22. The van der Waals surface area contributed by atoms with Crippen LogP contribution in [0.5, 0.6) is 0 Å². The summed E-state index contributed by atoms with van der Waals surface area (Å²) in [6, 6.07) is 10.7. The molecule has 1 aromatic carbocycles. The van der Waals surface area contributed by atoms with Crippen molar-refractivity contribution in [2.75, 3.05) is 6.61 Å².